The Bertz CT molecular complexity index is 393. The highest BCUT2D eigenvalue weighted by molar-refractivity contribution is 5.92. The van der Waals surface area contributed by atoms with E-state index in [-0.39, 0.29) is 11.8 Å². The molecular weight excluding hydrogens is 204 g/mol. The number of aryl methyl sites for hydroxylation is 1. The molecule has 0 atom stereocenters. The minimum absolute atomic E-state index is 0.0622. The molecule has 1 saturated heterocycles. The van der Waals surface area contributed by atoms with Gasteiger partial charge in [0.2, 0.25) is 5.91 Å². The van der Waals surface area contributed by atoms with E-state index in [2.05, 4.69) is 29.6 Å². The first kappa shape index (κ1) is 11.1. The molecule has 5 nitrogen and oxygen atoms in total. The second-order valence-electron chi connectivity index (χ2n) is 4.55. The van der Waals surface area contributed by atoms with Gasteiger partial charge in [0.05, 0.1) is 5.92 Å². The normalized spacial score (nSPS) is 16.2. The van der Waals surface area contributed by atoms with Crippen molar-refractivity contribution in [3.63, 3.8) is 0 Å². The van der Waals surface area contributed by atoms with E-state index in [4.69, 9.17) is 0 Å². The molecular formula is C11H18N4O. The van der Waals surface area contributed by atoms with Gasteiger partial charge in [-0.1, -0.05) is 0 Å². The van der Waals surface area contributed by atoms with E-state index in [0.717, 1.165) is 18.8 Å². The highest BCUT2D eigenvalue weighted by Gasteiger charge is 2.25. The summed E-state index contributed by atoms with van der Waals surface area (Å²) < 4.78 is 1.91. The number of hydrogen-bond donors (Lipinski definition) is 2. The number of amides is 1. The zero-order valence-electron chi connectivity index (χ0n) is 9.95. The van der Waals surface area contributed by atoms with E-state index < -0.39 is 0 Å². The quantitative estimate of drug-likeness (QED) is 0.800. The van der Waals surface area contributed by atoms with E-state index in [0.29, 0.717) is 11.9 Å². The van der Waals surface area contributed by atoms with Gasteiger partial charge in [-0.05, 0) is 20.8 Å². The number of aromatic nitrogens is 2. The molecule has 16 heavy (non-hydrogen) atoms. The molecule has 0 aliphatic carbocycles. The Morgan fingerprint density at radius 3 is 2.75 bits per heavy atom. The van der Waals surface area contributed by atoms with Crippen LogP contribution in [0.25, 0.3) is 0 Å². The Kier molecular flexibility index (Phi) is 2.96. The van der Waals surface area contributed by atoms with Gasteiger partial charge in [-0.3, -0.25) is 9.48 Å². The summed E-state index contributed by atoms with van der Waals surface area (Å²) in [7, 11) is 0. The van der Waals surface area contributed by atoms with Gasteiger partial charge in [0.15, 0.2) is 5.82 Å². The Morgan fingerprint density at radius 2 is 2.31 bits per heavy atom. The van der Waals surface area contributed by atoms with Crippen LogP contribution in [0.4, 0.5) is 5.82 Å². The van der Waals surface area contributed by atoms with Crippen LogP contribution in [0.3, 0.4) is 0 Å². The maximum absolute atomic E-state index is 11.7. The lowest BCUT2D eigenvalue weighted by molar-refractivity contribution is -0.121. The molecule has 2 rings (SSSR count). The van der Waals surface area contributed by atoms with Crippen LogP contribution in [0.15, 0.2) is 6.07 Å². The van der Waals surface area contributed by atoms with Crippen LogP contribution in [-0.4, -0.2) is 28.8 Å². The van der Waals surface area contributed by atoms with Crippen molar-refractivity contribution in [1.82, 2.24) is 15.1 Å². The van der Waals surface area contributed by atoms with E-state index in [9.17, 15) is 4.79 Å². The molecule has 1 aliphatic rings. The summed E-state index contributed by atoms with van der Waals surface area (Å²) in [5.74, 6) is 0.819. The van der Waals surface area contributed by atoms with E-state index in [1.54, 1.807) is 0 Å². The number of nitrogens with one attached hydrogen (secondary N) is 2. The smallest absolute Gasteiger partial charge is 0.231 e. The summed E-state index contributed by atoms with van der Waals surface area (Å²) in [5, 5.41) is 10.3. The van der Waals surface area contributed by atoms with Crippen molar-refractivity contribution in [3.05, 3.63) is 11.8 Å². The molecule has 1 fully saturated rings. The lowest BCUT2D eigenvalue weighted by Gasteiger charge is -2.25. The van der Waals surface area contributed by atoms with Gasteiger partial charge >= 0.3 is 0 Å². The average molecular weight is 222 g/mol. The number of carbonyl (C=O) groups is 1. The lowest BCUT2D eigenvalue weighted by atomic mass is 10.0. The number of nitrogens with zero attached hydrogens (tertiary/aromatic N) is 2. The molecule has 2 heterocycles. The fraction of sp³-hybridized carbons (Fsp3) is 0.636. The van der Waals surface area contributed by atoms with Gasteiger partial charge in [-0.15, -0.1) is 0 Å². The molecule has 1 amide bonds. The van der Waals surface area contributed by atoms with Gasteiger partial charge in [0, 0.05) is 30.9 Å². The van der Waals surface area contributed by atoms with Crippen LogP contribution in [0.2, 0.25) is 0 Å². The summed E-state index contributed by atoms with van der Waals surface area (Å²) in [6.45, 7) is 7.68. The molecule has 1 aliphatic heterocycles. The zero-order valence-corrected chi connectivity index (χ0v) is 9.95. The lowest BCUT2D eigenvalue weighted by Crippen LogP contribution is -2.48. The average Bonchev–Trinajstić information content (AvgIpc) is 2.43. The Balaban J connectivity index is 2.04. The third-order valence-electron chi connectivity index (χ3n) is 2.82. The molecule has 0 unspecified atom stereocenters. The number of carbonyl (C=O) groups excluding carboxylic acids is 1. The molecule has 0 saturated carbocycles. The van der Waals surface area contributed by atoms with Gasteiger partial charge in [0.25, 0.3) is 0 Å². The first-order valence-electron chi connectivity index (χ1n) is 5.65. The number of anilines is 1. The second kappa shape index (κ2) is 4.25. The number of hydrogen-bond acceptors (Lipinski definition) is 3. The van der Waals surface area contributed by atoms with Crippen molar-refractivity contribution in [1.29, 1.82) is 0 Å². The molecule has 0 radical (unpaired) electrons. The van der Waals surface area contributed by atoms with Crippen molar-refractivity contribution in [2.45, 2.75) is 26.8 Å². The molecule has 2 N–H and O–H groups in total. The second-order valence-corrected chi connectivity index (χ2v) is 4.55. The predicted molar refractivity (Wildman–Crippen MR) is 62.3 cm³/mol. The van der Waals surface area contributed by atoms with E-state index >= 15 is 0 Å². The Morgan fingerprint density at radius 1 is 1.62 bits per heavy atom. The van der Waals surface area contributed by atoms with Gasteiger partial charge in [0.1, 0.15) is 0 Å². The summed E-state index contributed by atoms with van der Waals surface area (Å²) in [4.78, 5) is 11.7. The van der Waals surface area contributed by atoms with Crippen LogP contribution < -0.4 is 10.6 Å². The van der Waals surface area contributed by atoms with Crippen LogP contribution in [0, 0.1) is 12.8 Å². The van der Waals surface area contributed by atoms with Crippen LogP contribution in [0.1, 0.15) is 25.6 Å². The Hall–Kier alpha value is -1.36. The minimum Gasteiger partial charge on any atom is -0.315 e. The summed E-state index contributed by atoms with van der Waals surface area (Å²) in [6, 6.07) is 2.22. The predicted octanol–water partition coefficient (Wildman–Crippen LogP) is 0.930. The Labute approximate surface area is 95.2 Å². The van der Waals surface area contributed by atoms with E-state index in [1.165, 1.54) is 0 Å². The molecule has 88 valence electrons. The van der Waals surface area contributed by atoms with Crippen molar-refractivity contribution >= 4 is 11.7 Å². The van der Waals surface area contributed by atoms with Gasteiger partial charge < -0.3 is 10.6 Å². The first-order chi connectivity index (χ1) is 7.58. The molecule has 0 bridgehead atoms. The highest BCUT2D eigenvalue weighted by atomic mass is 16.2. The van der Waals surface area contributed by atoms with E-state index in [1.807, 2.05) is 17.7 Å². The third-order valence-corrected chi connectivity index (χ3v) is 2.82. The number of rotatable bonds is 3. The highest BCUT2D eigenvalue weighted by Crippen LogP contribution is 2.15. The SMILES string of the molecule is Cc1cc(NC(=O)C2CNC2)nn1C(C)C. The summed E-state index contributed by atoms with van der Waals surface area (Å²) in [6.07, 6.45) is 0. The minimum atomic E-state index is 0.0622. The van der Waals surface area contributed by atoms with Crippen molar-refractivity contribution in [2.75, 3.05) is 18.4 Å². The van der Waals surface area contributed by atoms with Crippen molar-refractivity contribution < 1.29 is 4.79 Å². The monoisotopic (exact) mass is 222 g/mol. The van der Waals surface area contributed by atoms with Gasteiger partial charge in [-0.2, -0.15) is 5.10 Å². The molecule has 0 aromatic carbocycles. The fourth-order valence-corrected chi connectivity index (χ4v) is 1.77. The maximum atomic E-state index is 11.7. The van der Waals surface area contributed by atoms with Crippen molar-refractivity contribution in [3.8, 4) is 0 Å². The maximum Gasteiger partial charge on any atom is 0.231 e. The first-order valence-corrected chi connectivity index (χ1v) is 5.65. The largest absolute Gasteiger partial charge is 0.315 e. The van der Waals surface area contributed by atoms with Crippen LogP contribution in [0.5, 0.6) is 0 Å². The van der Waals surface area contributed by atoms with Crippen molar-refractivity contribution in [2.24, 2.45) is 5.92 Å². The molecule has 1 aromatic rings. The summed E-state index contributed by atoms with van der Waals surface area (Å²) in [5.41, 5.74) is 1.07. The standard InChI is InChI=1S/C11H18N4O/c1-7(2)15-8(3)4-10(14-15)13-11(16)9-5-12-6-9/h4,7,9,12H,5-6H2,1-3H3,(H,13,14,16). The fourth-order valence-electron chi connectivity index (χ4n) is 1.77. The topological polar surface area (TPSA) is 59.0 Å². The van der Waals surface area contributed by atoms with Gasteiger partial charge in [-0.25, -0.2) is 0 Å². The molecule has 1 aromatic heterocycles. The van der Waals surface area contributed by atoms with Crippen LogP contribution >= 0.6 is 0 Å². The molecule has 5 heteroatoms. The molecule has 0 spiro atoms. The summed E-state index contributed by atoms with van der Waals surface area (Å²) >= 11 is 0. The third kappa shape index (κ3) is 2.09. The zero-order chi connectivity index (χ0) is 11.7. The van der Waals surface area contributed by atoms with Crippen LogP contribution in [-0.2, 0) is 4.79 Å².